The van der Waals surface area contributed by atoms with Gasteiger partial charge in [0, 0.05) is 45.2 Å². The number of allylic oxidation sites excluding steroid dienone is 4. The maximum atomic E-state index is 13.4. The predicted molar refractivity (Wildman–Crippen MR) is 71.7 cm³/mol. The van der Waals surface area contributed by atoms with Crippen molar-refractivity contribution in [3.8, 4) is 0 Å². The summed E-state index contributed by atoms with van der Waals surface area (Å²) in [5.74, 6) is -1.44. The first-order valence-corrected chi connectivity index (χ1v) is 6.52. The first-order valence-electron chi connectivity index (χ1n) is 6.52. The summed E-state index contributed by atoms with van der Waals surface area (Å²) in [6.07, 6.45) is 6.68. The van der Waals surface area contributed by atoms with Crippen LogP contribution in [0.15, 0.2) is 35.5 Å². The van der Waals surface area contributed by atoms with E-state index in [1.165, 1.54) is 6.08 Å². The van der Waals surface area contributed by atoms with E-state index in [2.05, 4.69) is 10.6 Å². The van der Waals surface area contributed by atoms with Crippen molar-refractivity contribution in [2.45, 2.75) is 31.3 Å². The van der Waals surface area contributed by atoms with Crippen LogP contribution in [0.3, 0.4) is 0 Å². The fourth-order valence-corrected chi connectivity index (χ4v) is 2.27. The molecule has 0 aromatic rings. The first-order chi connectivity index (χ1) is 9.93. The van der Waals surface area contributed by atoms with E-state index in [0.29, 0.717) is 6.04 Å². The van der Waals surface area contributed by atoms with Gasteiger partial charge in [0.25, 0.3) is 0 Å². The molecule has 1 radical (unpaired) electrons. The summed E-state index contributed by atoms with van der Waals surface area (Å²) in [5.41, 5.74) is 0.809. The van der Waals surface area contributed by atoms with Gasteiger partial charge in [0.05, 0.1) is 0 Å². The molecule has 2 atom stereocenters. The van der Waals surface area contributed by atoms with E-state index in [4.69, 9.17) is 0 Å². The molecule has 8 heteroatoms. The average molecular weight is 397 g/mol. The van der Waals surface area contributed by atoms with Gasteiger partial charge in [-0.25, -0.2) is 8.78 Å². The van der Waals surface area contributed by atoms with Crippen molar-refractivity contribution in [2.24, 2.45) is 0 Å². The Balaban J connectivity index is 0.000000791. The standard InChI is InChI=1S/C13H17F2N2.CF3.Y/c1-16-10-5-6-17-13(8-10)9-3-2-4-11(14)12(15)7-9;2-1(3)4;/h2-3,7,10,13,17H,4-6,8H2,1H3;;/q2*-1;. The number of piperidine rings is 1. The molecule has 2 rings (SSSR count). The third-order valence-electron chi connectivity index (χ3n) is 3.30. The van der Waals surface area contributed by atoms with Crippen LogP contribution in [-0.4, -0.2) is 25.7 Å². The van der Waals surface area contributed by atoms with Crippen molar-refractivity contribution in [3.63, 3.8) is 0 Å². The van der Waals surface area contributed by atoms with Crippen molar-refractivity contribution in [1.29, 1.82) is 0 Å². The zero-order valence-electron chi connectivity index (χ0n) is 12.1. The van der Waals surface area contributed by atoms with Gasteiger partial charge in [0.15, 0.2) is 12.5 Å². The molecule has 1 aliphatic carbocycles. The van der Waals surface area contributed by atoms with Crippen molar-refractivity contribution >= 4 is 0 Å². The molecule has 2 nitrogen and oxygen atoms in total. The SMILES string of the molecule is C[N-]C1CCNC(C2=CC(F)=C(F)CC=C2)C1.F[C-](F)F.[Y]. The Morgan fingerprint density at radius 2 is 1.91 bits per heavy atom. The van der Waals surface area contributed by atoms with E-state index in [1.54, 1.807) is 6.08 Å². The molecule has 0 aromatic carbocycles. The molecule has 1 N–H and O–H groups in total. The number of nitrogens with one attached hydrogen (secondary N) is 1. The second-order valence-electron chi connectivity index (χ2n) is 4.66. The maximum Gasteiger partial charge on any atom is 0.155 e. The Kier molecular flexibility index (Phi) is 11.4. The summed E-state index contributed by atoms with van der Waals surface area (Å²) < 4.78 is 55.2. The summed E-state index contributed by atoms with van der Waals surface area (Å²) in [6, 6.07) is 0.390. The molecule has 123 valence electrons. The second kappa shape index (κ2) is 11.4. The molecular formula is C14H17F5N2Y-2. The molecule has 1 aliphatic heterocycles. The van der Waals surface area contributed by atoms with E-state index >= 15 is 0 Å². The number of hydrogen-bond acceptors (Lipinski definition) is 1. The predicted octanol–water partition coefficient (Wildman–Crippen LogP) is 4.49. The van der Waals surface area contributed by atoms with Crippen LogP contribution in [0.1, 0.15) is 19.3 Å². The number of hydrogen-bond donors (Lipinski definition) is 1. The number of nitrogens with zero attached hydrogens (tertiary/aromatic N) is 1. The second-order valence-corrected chi connectivity index (χ2v) is 4.66. The molecule has 0 amide bonds. The first kappa shape index (κ1) is 21.9. The average Bonchev–Trinajstić information content (AvgIpc) is 2.61. The summed E-state index contributed by atoms with van der Waals surface area (Å²) >= 11 is 0. The quantitative estimate of drug-likeness (QED) is 0.540. The van der Waals surface area contributed by atoms with E-state index in [0.717, 1.165) is 25.0 Å². The zero-order valence-corrected chi connectivity index (χ0v) is 15.0. The van der Waals surface area contributed by atoms with Crippen LogP contribution >= 0.6 is 0 Å². The Morgan fingerprint density at radius 1 is 1.27 bits per heavy atom. The fourth-order valence-electron chi connectivity index (χ4n) is 2.27. The van der Waals surface area contributed by atoms with Crippen molar-refractivity contribution in [3.05, 3.63) is 47.5 Å². The molecule has 22 heavy (non-hydrogen) atoms. The maximum absolute atomic E-state index is 13.4. The molecule has 2 unspecified atom stereocenters. The molecule has 1 heterocycles. The number of halogens is 5. The summed E-state index contributed by atoms with van der Waals surface area (Å²) in [7, 11) is 1.81. The van der Waals surface area contributed by atoms with Gasteiger partial charge in [0.2, 0.25) is 0 Å². The van der Waals surface area contributed by atoms with Gasteiger partial charge >= 0.3 is 0 Å². The van der Waals surface area contributed by atoms with Crippen LogP contribution in [0.4, 0.5) is 22.0 Å². The van der Waals surface area contributed by atoms with Crippen molar-refractivity contribution in [1.82, 2.24) is 5.32 Å². The molecule has 1 saturated heterocycles. The van der Waals surface area contributed by atoms with Gasteiger partial charge in [-0.1, -0.05) is 18.6 Å². The smallest absolute Gasteiger partial charge is 0.155 e. The van der Waals surface area contributed by atoms with Crippen LogP contribution < -0.4 is 5.32 Å². The van der Waals surface area contributed by atoms with Crippen LogP contribution in [0, 0.1) is 6.68 Å². The van der Waals surface area contributed by atoms with Gasteiger partial charge in [0.1, 0.15) is 5.83 Å². The molecule has 0 spiro atoms. The molecule has 2 aliphatic rings. The third kappa shape index (κ3) is 7.95. The van der Waals surface area contributed by atoms with Crippen molar-refractivity contribution < 1.29 is 54.7 Å². The topological polar surface area (TPSA) is 26.1 Å². The molecule has 1 fully saturated rings. The van der Waals surface area contributed by atoms with E-state index in [1.807, 2.05) is 13.1 Å². The summed E-state index contributed by atoms with van der Waals surface area (Å²) in [6.45, 7) is -2.22. The largest absolute Gasteiger partial charge is 0.662 e. The Morgan fingerprint density at radius 3 is 2.50 bits per heavy atom. The Bertz CT molecular complexity index is 421. The molecule has 0 aromatic heterocycles. The third-order valence-corrected chi connectivity index (χ3v) is 3.30. The number of rotatable bonds is 2. The minimum Gasteiger partial charge on any atom is -0.662 e. The molecular weight excluding hydrogens is 380 g/mol. The van der Waals surface area contributed by atoms with Gasteiger partial charge in [-0.15, -0.1) is 6.04 Å². The van der Waals surface area contributed by atoms with Crippen LogP contribution in [0.2, 0.25) is 0 Å². The fraction of sp³-hybridized carbons (Fsp3) is 0.500. The van der Waals surface area contributed by atoms with E-state index < -0.39 is 18.3 Å². The minimum atomic E-state index is -3.08. The van der Waals surface area contributed by atoms with Crippen molar-refractivity contribution in [2.75, 3.05) is 13.6 Å². The van der Waals surface area contributed by atoms with Gasteiger partial charge in [-0.05, 0) is 24.6 Å². The summed E-state index contributed by atoms with van der Waals surface area (Å²) in [5, 5.41) is 7.60. The Labute approximate surface area is 152 Å². The Hall–Kier alpha value is -0.106. The minimum absolute atomic E-state index is 0. The summed E-state index contributed by atoms with van der Waals surface area (Å²) in [4.78, 5) is 0. The molecule has 0 bridgehead atoms. The monoisotopic (exact) mass is 397 g/mol. The van der Waals surface area contributed by atoms with E-state index in [-0.39, 0.29) is 45.2 Å². The molecule has 0 saturated carbocycles. The van der Waals surface area contributed by atoms with Crippen LogP contribution in [0.25, 0.3) is 5.32 Å². The van der Waals surface area contributed by atoms with Gasteiger partial charge < -0.3 is 23.8 Å². The van der Waals surface area contributed by atoms with Crippen LogP contribution in [0.5, 0.6) is 0 Å². The van der Waals surface area contributed by atoms with E-state index in [9.17, 15) is 22.0 Å². The normalized spacial score (nSPS) is 25.0. The van der Waals surface area contributed by atoms with Crippen LogP contribution in [-0.2, 0) is 32.7 Å². The van der Waals surface area contributed by atoms with Gasteiger partial charge in [-0.2, -0.15) is 7.05 Å². The van der Waals surface area contributed by atoms with Gasteiger partial charge in [-0.3, -0.25) is 0 Å². The zero-order chi connectivity index (χ0) is 15.8.